The molecular weight excluding hydrogens is 315 g/mol. The molecule has 2 heterocycles. The zero-order valence-electron chi connectivity index (χ0n) is 12.9. The quantitative estimate of drug-likeness (QED) is 0.904. The number of anilines is 1. The molecule has 7 heteroatoms. The van der Waals surface area contributed by atoms with E-state index in [9.17, 15) is 9.18 Å². The summed E-state index contributed by atoms with van der Waals surface area (Å²) in [6, 6.07) is 6.03. The Hall–Kier alpha value is -1.99. The van der Waals surface area contributed by atoms with Gasteiger partial charge in [0.15, 0.2) is 5.13 Å². The van der Waals surface area contributed by atoms with Crippen LogP contribution >= 0.6 is 11.3 Å². The lowest BCUT2D eigenvalue weighted by Crippen LogP contribution is -2.30. The molecule has 0 atom stereocenters. The Balaban J connectivity index is 1.47. The predicted octanol–water partition coefficient (Wildman–Crippen LogP) is 2.63. The number of nitrogens with one attached hydrogen (secondary N) is 2. The smallest absolute Gasteiger partial charge is 0.321 e. The molecule has 1 aromatic carbocycles. The highest BCUT2D eigenvalue weighted by atomic mass is 32.1. The molecule has 1 aromatic heterocycles. The van der Waals surface area contributed by atoms with Crippen molar-refractivity contribution in [3.05, 3.63) is 46.2 Å². The van der Waals surface area contributed by atoms with Gasteiger partial charge in [0.2, 0.25) is 0 Å². The van der Waals surface area contributed by atoms with Crippen LogP contribution < -0.4 is 10.6 Å². The summed E-state index contributed by atoms with van der Waals surface area (Å²) in [6.07, 6.45) is 1.59. The van der Waals surface area contributed by atoms with E-state index in [1.807, 2.05) is 0 Å². The normalized spacial score (nSPS) is 14.3. The molecule has 122 valence electrons. The maximum Gasteiger partial charge on any atom is 0.321 e. The van der Waals surface area contributed by atoms with E-state index in [-0.39, 0.29) is 11.8 Å². The average molecular weight is 334 g/mol. The van der Waals surface area contributed by atoms with E-state index in [0.29, 0.717) is 18.1 Å². The van der Waals surface area contributed by atoms with Crippen molar-refractivity contribution in [2.75, 3.05) is 25.5 Å². The molecule has 2 amide bonds. The first-order chi connectivity index (χ1) is 11.1. The fourth-order valence-corrected chi connectivity index (χ4v) is 3.57. The molecule has 1 aliphatic heterocycles. The molecule has 23 heavy (non-hydrogen) atoms. The van der Waals surface area contributed by atoms with Gasteiger partial charge < -0.3 is 10.2 Å². The van der Waals surface area contributed by atoms with E-state index in [1.54, 1.807) is 12.1 Å². The van der Waals surface area contributed by atoms with Crippen LogP contribution in [0, 0.1) is 5.82 Å². The predicted molar refractivity (Wildman–Crippen MR) is 89.3 cm³/mol. The second-order valence-corrected chi connectivity index (χ2v) is 6.72. The molecule has 0 bridgehead atoms. The van der Waals surface area contributed by atoms with Gasteiger partial charge in [-0.25, -0.2) is 14.2 Å². The molecule has 2 N–H and O–H groups in total. The van der Waals surface area contributed by atoms with Crippen LogP contribution in [0.5, 0.6) is 0 Å². The highest BCUT2D eigenvalue weighted by Crippen LogP contribution is 2.27. The van der Waals surface area contributed by atoms with Crippen LogP contribution in [0.2, 0.25) is 0 Å². The number of carbonyl (C=O) groups is 1. The van der Waals surface area contributed by atoms with Crippen LogP contribution in [-0.2, 0) is 19.4 Å². The van der Waals surface area contributed by atoms with Crippen molar-refractivity contribution in [3.63, 3.8) is 0 Å². The SMILES string of the molecule is CN1CCc2nc(NC(=O)NCCc3ccc(F)cc3)sc2C1. The number of urea groups is 1. The third-order valence-corrected chi connectivity index (χ3v) is 4.75. The van der Waals surface area contributed by atoms with Crippen LogP contribution in [-0.4, -0.2) is 36.1 Å². The largest absolute Gasteiger partial charge is 0.337 e. The van der Waals surface area contributed by atoms with Gasteiger partial charge in [0, 0.05) is 30.9 Å². The number of thiazole rings is 1. The number of hydrogen-bond donors (Lipinski definition) is 2. The van der Waals surface area contributed by atoms with E-state index in [0.717, 1.165) is 30.8 Å². The lowest BCUT2D eigenvalue weighted by Gasteiger charge is -2.20. The molecule has 3 rings (SSSR count). The van der Waals surface area contributed by atoms with Crippen molar-refractivity contribution in [2.45, 2.75) is 19.4 Å². The van der Waals surface area contributed by atoms with Crippen LogP contribution in [0.25, 0.3) is 0 Å². The number of amides is 2. The van der Waals surface area contributed by atoms with Crippen molar-refractivity contribution < 1.29 is 9.18 Å². The summed E-state index contributed by atoms with van der Waals surface area (Å²) in [5.74, 6) is -0.252. The van der Waals surface area contributed by atoms with Gasteiger partial charge in [-0.1, -0.05) is 12.1 Å². The highest BCUT2D eigenvalue weighted by molar-refractivity contribution is 7.15. The number of fused-ring (bicyclic) bond motifs is 1. The van der Waals surface area contributed by atoms with Crippen molar-refractivity contribution >= 4 is 22.5 Å². The molecule has 1 aliphatic rings. The van der Waals surface area contributed by atoms with Crippen molar-refractivity contribution in [2.24, 2.45) is 0 Å². The number of benzene rings is 1. The number of nitrogens with zero attached hydrogens (tertiary/aromatic N) is 2. The van der Waals surface area contributed by atoms with E-state index >= 15 is 0 Å². The number of aromatic nitrogens is 1. The van der Waals surface area contributed by atoms with Gasteiger partial charge in [-0.3, -0.25) is 5.32 Å². The maximum atomic E-state index is 12.8. The second-order valence-electron chi connectivity index (χ2n) is 5.63. The summed E-state index contributed by atoms with van der Waals surface area (Å²) < 4.78 is 12.8. The monoisotopic (exact) mass is 334 g/mol. The van der Waals surface area contributed by atoms with E-state index in [4.69, 9.17) is 0 Å². The molecular formula is C16H19FN4OS. The molecule has 0 saturated heterocycles. The first kappa shape index (κ1) is 15.9. The molecule has 2 aromatic rings. The summed E-state index contributed by atoms with van der Waals surface area (Å²) >= 11 is 1.53. The Kier molecular flexibility index (Phi) is 4.88. The van der Waals surface area contributed by atoms with E-state index in [2.05, 4.69) is 27.6 Å². The first-order valence-electron chi connectivity index (χ1n) is 7.56. The van der Waals surface area contributed by atoms with Gasteiger partial charge in [0.1, 0.15) is 5.82 Å². The molecule has 0 saturated carbocycles. The minimum absolute atomic E-state index is 0.252. The van der Waals surface area contributed by atoms with Gasteiger partial charge in [-0.2, -0.15) is 0 Å². The van der Waals surface area contributed by atoms with Gasteiger partial charge in [-0.05, 0) is 31.2 Å². The number of likely N-dealkylation sites (N-methyl/N-ethyl adjacent to an activating group) is 1. The average Bonchev–Trinajstić information content (AvgIpc) is 2.90. The number of carbonyl (C=O) groups excluding carboxylic acids is 1. The summed E-state index contributed by atoms with van der Waals surface area (Å²) in [4.78, 5) is 19.9. The summed E-state index contributed by atoms with van der Waals surface area (Å²) in [5.41, 5.74) is 2.08. The van der Waals surface area contributed by atoms with Crippen LogP contribution in [0.15, 0.2) is 24.3 Å². The van der Waals surface area contributed by atoms with Gasteiger partial charge in [-0.15, -0.1) is 11.3 Å². The van der Waals surface area contributed by atoms with Gasteiger partial charge >= 0.3 is 6.03 Å². The molecule has 0 radical (unpaired) electrons. The minimum atomic E-state index is -0.258. The summed E-state index contributed by atoms with van der Waals surface area (Å²) in [7, 11) is 2.08. The Morgan fingerprint density at radius 1 is 1.39 bits per heavy atom. The fraction of sp³-hybridized carbons (Fsp3) is 0.375. The molecule has 0 aliphatic carbocycles. The highest BCUT2D eigenvalue weighted by Gasteiger charge is 2.18. The zero-order valence-corrected chi connectivity index (χ0v) is 13.8. The lowest BCUT2D eigenvalue weighted by molar-refractivity contribution is 0.252. The van der Waals surface area contributed by atoms with E-state index in [1.165, 1.54) is 28.3 Å². The Bertz CT molecular complexity index is 686. The third-order valence-electron chi connectivity index (χ3n) is 3.76. The molecule has 5 nitrogen and oxygen atoms in total. The zero-order chi connectivity index (χ0) is 16.2. The Labute approximate surface area is 138 Å². The van der Waals surface area contributed by atoms with Crippen LogP contribution in [0.1, 0.15) is 16.1 Å². The van der Waals surface area contributed by atoms with Crippen molar-refractivity contribution in [1.82, 2.24) is 15.2 Å². The molecule has 0 fully saturated rings. The topological polar surface area (TPSA) is 57.3 Å². The fourth-order valence-electron chi connectivity index (χ4n) is 2.49. The molecule has 0 unspecified atom stereocenters. The third kappa shape index (κ3) is 4.27. The van der Waals surface area contributed by atoms with Crippen LogP contribution in [0.4, 0.5) is 14.3 Å². The summed E-state index contributed by atoms with van der Waals surface area (Å²) in [6.45, 7) is 2.38. The molecule has 0 spiro atoms. The Morgan fingerprint density at radius 3 is 2.96 bits per heavy atom. The number of hydrogen-bond acceptors (Lipinski definition) is 4. The number of halogens is 1. The first-order valence-corrected chi connectivity index (χ1v) is 8.38. The minimum Gasteiger partial charge on any atom is -0.337 e. The maximum absolute atomic E-state index is 12.8. The van der Waals surface area contributed by atoms with Crippen molar-refractivity contribution in [1.29, 1.82) is 0 Å². The van der Waals surface area contributed by atoms with Gasteiger partial charge in [0.25, 0.3) is 0 Å². The van der Waals surface area contributed by atoms with Gasteiger partial charge in [0.05, 0.1) is 5.69 Å². The lowest BCUT2D eigenvalue weighted by atomic mass is 10.1. The van der Waals surface area contributed by atoms with Crippen molar-refractivity contribution in [3.8, 4) is 0 Å². The second kappa shape index (κ2) is 7.06. The Morgan fingerprint density at radius 2 is 2.17 bits per heavy atom. The summed E-state index contributed by atoms with van der Waals surface area (Å²) in [5, 5.41) is 6.23. The standard InChI is InChI=1S/C16H19FN4OS/c1-21-9-7-13-14(10-21)23-16(19-13)20-15(22)18-8-6-11-2-4-12(17)5-3-11/h2-5H,6-10H2,1H3,(H2,18,19,20,22). The van der Waals surface area contributed by atoms with Crippen LogP contribution in [0.3, 0.4) is 0 Å². The van der Waals surface area contributed by atoms with E-state index < -0.39 is 0 Å². The number of rotatable bonds is 4.